The normalized spacial score (nSPS) is 17.3. The highest BCUT2D eigenvalue weighted by Gasteiger charge is 2.27. The first kappa shape index (κ1) is 29.5. The predicted octanol–water partition coefficient (Wildman–Crippen LogP) is 2.76. The second kappa shape index (κ2) is 12.3. The van der Waals surface area contributed by atoms with Crippen LogP contribution < -0.4 is 10.9 Å². The Hall–Kier alpha value is -3.50. The molecule has 1 fully saturated rings. The number of aliphatic hydroxyl groups excluding tert-OH is 1. The van der Waals surface area contributed by atoms with Gasteiger partial charge in [0, 0.05) is 57.5 Å². The molecule has 2 N–H and O–H groups in total. The number of carbonyl (C=O) groups is 2. The number of esters is 1. The van der Waals surface area contributed by atoms with Crippen LogP contribution in [-0.4, -0.2) is 67.3 Å². The summed E-state index contributed by atoms with van der Waals surface area (Å²) in [7, 11) is 1.74. The number of aliphatic hydroxyl groups is 1. The van der Waals surface area contributed by atoms with Crippen molar-refractivity contribution in [3.8, 4) is 11.4 Å². The number of nitrogens with one attached hydrogen (secondary N) is 1. The largest absolute Gasteiger partial charge is 0.462 e. The zero-order chi connectivity index (χ0) is 29.1. The maximum absolute atomic E-state index is 12.5. The Morgan fingerprint density at radius 1 is 1.23 bits per heavy atom. The zero-order valence-corrected chi connectivity index (χ0v) is 24.3. The summed E-state index contributed by atoms with van der Waals surface area (Å²) in [6.07, 6.45) is 2.57. The quantitative estimate of drug-likeness (QED) is 0.393. The van der Waals surface area contributed by atoms with Crippen LogP contribution >= 0.6 is 0 Å². The SMILES string of the molecule is CC(=O)N1CCC[C@@H](Cn2c(-c3cc(C)c(=O)n(C)c3)nc3ccc(CN[C@H](C(=O)OC(C)C)[C@@H](C)O)cc32)C1. The van der Waals surface area contributed by atoms with Crippen molar-refractivity contribution < 1.29 is 19.4 Å². The maximum atomic E-state index is 12.5. The molecule has 10 heteroatoms. The molecule has 0 spiro atoms. The molecule has 3 heterocycles. The van der Waals surface area contributed by atoms with Crippen molar-refractivity contribution in [3.05, 3.63) is 51.9 Å². The number of imidazole rings is 1. The monoisotopic (exact) mass is 551 g/mol. The highest BCUT2D eigenvalue weighted by Crippen LogP contribution is 2.29. The molecule has 1 aromatic carbocycles. The fraction of sp³-hybridized carbons (Fsp3) is 0.533. The number of amides is 1. The number of nitrogens with zero attached hydrogens (tertiary/aromatic N) is 4. The number of hydrogen-bond donors (Lipinski definition) is 2. The summed E-state index contributed by atoms with van der Waals surface area (Å²) in [5.74, 6) is 0.623. The molecule has 1 aliphatic rings. The molecule has 0 aliphatic carbocycles. The molecular weight excluding hydrogens is 510 g/mol. The molecule has 10 nitrogen and oxygen atoms in total. The number of fused-ring (bicyclic) bond motifs is 1. The molecule has 2 aromatic heterocycles. The molecule has 0 radical (unpaired) electrons. The Labute approximate surface area is 235 Å². The van der Waals surface area contributed by atoms with Gasteiger partial charge in [0.1, 0.15) is 11.9 Å². The van der Waals surface area contributed by atoms with Crippen molar-refractivity contribution in [1.82, 2.24) is 24.3 Å². The lowest BCUT2D eigenvalue weighted by atomic mass is 9.97. The van der Waals surface area contributed by atoms with E-state index in [1.54, 1.807) is 46.2 Å². The van der Waals surface area contributed by atoms with Crippen molar-refractivity contribution in [1.29, 1.82) is 0 Å². The number of piperidine rings is 1. The molecule has 0 unspecified atom stereocenters. The number of carbonyl (C=O) groups excluding carboxylic acids is 2. The van der Waals surface area contributed by atoms with Crippen LogP contribution in [0.5, 0.6) is 0 Å². The minimum Gasteiger partial charge on any atom is -0.462 e. The van der Waals surface area contributed by atoms with E-state index in [0.29, 0.717) is 25.2 Å². The van der Waals surface area contributed by atoms with Gasteiger partial charge in [0.25, 0.3) is 5.56 Å². The molecule has 1 saturated heterocycles. The molecule has 40 heavy (non-hydrogen) atoms. The summed E-state index contributed by atoms with van der Waals surface area (Å²) in [5.41, 5.74) is 4.11. The zero-order valence-electron chi connectivity index (χ0n) is 24.3. The Kier molecular flexibility index (Phi) is 9.10. The van der Waals surface area contributed by atoms with Gasteiger partial charge in [0.05, 0.1) is 23.2 Å². The van der Waals surface area contributed by atoms with E-state index in [9.17, 15) is 19.5 Å². The van der Waals surface area contributed by atoms with Gasteiger partial charge in [-0.05, 0) is 70.2 Å². The van der Waals surface area contributed by atoms with Gasteiger partial charge < -0.3 is 23.9 Å². The molecule has 3 aromatic rings. The molecule has 0 bridgehead atoms. The maximum Gasteiger partial charge on any atom is 0.326 e. The van der Waals surface area contributed by atoms with E-state index in [-0.39, 0.29) is 23.5 Å². The van der Waals surface area contributed by atoms with Crippen LogP contribution in [0.1, 0.15) is 51.7 Å². The molecule has 1 aliphatic heterocycles. The van der Waals surface area contributed by atoms with Gasteiger partial charge in [0.15, 0.2) is 0 Å². The van der Waals surface area contributed by atoms with Crippen LogP contribution in [0, 0.1) is 12.8 Å². The topological polar surface area (TPSA) is 119 Å². The highest BCUT2D eigenvalue weighted by molar-refractivity contribution is 5.81. The third-order valence-electron chi connectivity index (χ3n) is 7.45. The first-order valence-electron chi connectivity index (χ1n) is 14.0. The molecule has 216 valence electrons. The number of pyridine rings is 1. The third-order valence-corrected chi connectivity index (χ3v) is 7.45. The van der Waals surface area contributed by atoms with E-state index in [1.165, 1.54) is 0 Å². The van der Waals surface area contributed by atoms with E-state index in [4.69, 9.17) is 9.72 Å². The van der Waals surface area contributed by atoms with E-state index in [2.05, 4.69) is 9.88 Å². The lowest BCUT2D eigenvalue weighted by Gasteiger charge is -2.32. The number of ether oxygens (including phenoxy) is 1. The second-order valence-electron chi connectivity index (χ2n) is 11.3. The first-order chi connectivity index (χ1) is 18.9. The second-order valence-corrected chi connectivity index (χ2v) is 11.3. The van der Waals surface area contributed by atoms with Crippen LogP contribution in [0.15, 0.2) is 35.3 Å². The Bertz CT molecular complexity index is 1410. The average Bonchev–Trinajstić information content (AvgIpc) is 3.24. The molecule has 3 atom stereocenters. The van der Waals surface area contributed by atoms with Gasteiger partial charge in [-0.2, -0.15) is 0 Å². The van der Waals surface area contributed by atoms with Crippen LogP contribution in [-0.2, 0) is 34.5 Å². The minimum atomic E-state index is -0.921. The van der Waals surface area contributed by atoms with Crippen LogP contribution in [0.25, 0.3) is 22.4 Å². The van der Waals surface area contributed by atoms with Crippen molar-refractivity contribution in [3.63, 3.8) is 0 Å². The van der Waals surface area contributed by atoms with Gasteiger partial charge in [-0.1, -0.05) is 6.07 Å². The van der Waals surface area contributed by atoms with E-state index in [0.717, 1.165) is 47.4 Å². The third kappa shape index (κ3) is 6.62. The van der Waals surface area contributed by atoms with Gasteiger partial charge in [-0.15, -0.1) is 0 Å². The van der Waals surface area contributed by atoms with Gasteiger partial charge in [0.2, 0.25) is 5.91 Å². The number of aromatic nitrogens is 3. The molecule has 4 rings (SSSR count). The number of benzene rings is 1. The Morgan fingerprint density at radius 3 is 2.62 bits per heavy atom. The van der Waals surface area contributed by atoms with E-state index < -0.39 is 18.1 Å². The van der Waals surface area contributed by atoms with Crippen LogP contribution in [0.4, 0.5) is 0 Å². The summed E-state index contributed by atoms with van der Waals surface area (Å²) in [4.78, 5) is 43.9. The lowest BCUT2D eigenvalue weighted by Crippen LogP contribution is -2.46. The lowest BCUT2D eigenvalue weighted by molar-refractivity contribution is -0.152. The average molecular weight is 552 g/mol. The number of aryl methyl sites for hydroxylation is 2. The number of rotatable bonds is 9. The van der Waals surface area contributed by atoms with Crippen molar-refractivity contribution >= 4 is 22.9 Å². The number of hydrogen-bond acceptors (Lipinski definition) is 7. The molecule has 1 amide bonds. The van der Waals surface area contributed by atoms with Crippen molar-refractivity contribution in [2.75, 3.05) is 13.1 Å². The Morgan fingerprint density at radius 2 is 1.98 bits per heavy atom. The van der Waals surface area contributed by atoms with Crippen molar-refractivity contribution in [2.45, 2.75) is 78.8 Å². The van der Waals surface area contributed by atoms with Crippen molar-refractivity contribution in [2.24, 2.45) is 13.0 Å². The van der Waals surface area contributed by atoms with Crippen LogP contribution in [0.2, 0.25) is 0 Å². The molecule has 0 saturated carbocycles. The summed E-state index contributed by atoms with van der Waals surface area (Å²) in [6, 6.07) is 6.97. The van der Waals surface area contributed by atoms with Crippen LogP contribution in [0.3, 0.4) is 0 Å². The summed E-state index contributed by atoms with van der Waals surface area (Å²) in [6.45, 7) is 11.0. The summed E-state index contributed by atoms with van der Waals surface area (Å²) in [5, 5.41) is 13.3. The van der Waals surface area contributed by atoms with Gasteiger partial charge >= 0.3 is 5.97 Å². The van der Waals surface area contributed by atoms with Gasteiger partial charge in [-0.3, -0.25) is 19.7 Å². The number of likely N-dealkylation sites (tertiary alicyclic amines) is 1. The van der Waals surface area contributed by atoms with E-state index in [1.807, 2.05) is 35.4 Å². The fourth-order valence-corrected chi connectivity index (χ4v) is 5.43. The minimum absolute atomic E-state index is 0.0483. The van der Waals surface area contributed by atoms with E-state index >= 15 is 0 Å². The first-order valence-corrected chi connectivity index (χ1v) is 14.0. The predicted molar refractivity (Wildman–Crippen MR) is 154 cm³/mol. The Balaban J connectivity index is 1.71. The van der Waals surface area contributed by atoms with Gasteiger partial charge in [-0.25, -0.2) is 4.98 Å². The molecular formula is C30H41N5O5. The fourth-order valence-electron chi connectivity index (χ4n) is 5.43. The summed E-state index contributed by atoms with van der Waals surface area (Å²) < 4.78 is 9.08. The highest BCUT2D eigenvalue weighted by atomic mass is 16.5. The smallest absolute Gasteiger partial charge is 0.326 e. The summed E-state index contributed by atoms with van der Waals surface area (Å²) >= 11 is 0. The standard InChI is InChI=1S/C30H41N5O5/c1-18(2)40-30(39)27(20(4)36)31-14-22-9-10-25-26(13-22)35(16-23-8-7-11-34(15-23)21(5)37)28(32-25)24-12-19(3)29(38)33(6)17-24/h9-10,12-13,17-18,20,23,27,31,36H,7-8,11,14-16H2,1-6H3/t20-,23-,27+/m1/s1.